The Morgan fingerprint density at radius 1 is 1.62 bits per heavy atom. The summed E-state index contributed by atoms with van der Waals surface area (Å²) < 4.78 is 0. The molecule has 0 spiro atoms. The maximum atomic E-state index is 9.10. The lowest BCUT2D eigenvalue weighted by Crippen LogP contribution is -2.27. The van der Waals surface area contributed by atoms with Gasteiger partial charge in [-0.15, -0.1) is 10.2 Å². The van der Waals surface area contributed by atoms with Crippen LogP contribution >= 0.6 is 0 Å². The fraction of sp³-hybridized carbons (Fsp3) is 0.857. The zero-order chi connectivity index (χ0) is 9.84. The van der Waals surface area contributed by atoms with E-state index in [0.717, 1.165) is 0 Å². The number of tetrazole rings is 1. The Hall–Kier alpha value is -1.01. The number of aliphatic hydroxyl groups is 1. The molecule has 13 heavy (non-hydrogen) atoms. The van der Waals surface area contributed by atoms with Crippen molar-refractivity contribution in [3.8, 4) is 0 Å². The molecular weight excluding hydrogens is 170 g/mol. The summed E-state index contributed by atoms with van der Waals surface area (Å²) in [6.45, 7) is 2.97. The van der Waals surface area contributed by atoms with Gasteiger partial charge >= 0.3 is 0 Å². The number of likely N-dealkylation sites (N-methyl/N-ethyl adjacent to an activating group) is 1. The summed E-state index contributed by atoms with van der Waals surface area (Å²) in [5, 5.41) is 20.7. The van der Waals surface area contributed by atoms with Crippen molar-refractivity contribution in [1.29, 1.82) is 0 Å². The van der Waals surface area contributed by atoms with Gasteiger partial charge in [0.15, 0.2) is 5.82 Å². The molecule has 74 valence electrons. The van der Waals surface area contributed by atoms with Crippen molar-refractivity contribution >= 4 is 0 Å². The molecule has 0 bridgehead atoms. The lowest BCUT2D eigenvalue weighted by Gasteiger charge is -2.15. The molecule has 0 aliphatic carbocycles. The number of nitrogens with zero attached hydrogens (tertiary/aromatic N) is 5. The Kier molecular flexibility index (Phi) is 3.32. The van der Waals surface area contributed by atoms with Crippen molar-refractivity contribution in [2.75, 3.05) is 13.6 Å². The van der Waals surface area contributed by atoms with Crippen molar-refractivity contribution in [3.63, 3.8) is 0 Å². The molecule has 0 radical (unpaired) electrons. The first-order valence-corrected chi connectivity index (χ1v) is 4.17. The summed E-state index contributed by atoms with van der Waals surface area (Å²) in [6, 6.07) is 0. The van der Waals surface area contributed by atoms with Crippen LogP contribution in [0.15, 0.2) is 0 Å². The highest BCUT2D eigenvalue weighted by molar-refractivity contribution is 4.76. The number of hydrogen-bond acceptors (Lipinski definition) is 5. The van der Waals surface area contributed by atoms with E-state index in [1.54, 1.807) is 14.0 Å². The summed E-state index contributed by atoms with van der Waals surface area (Å²) in [6.07, 6.45) is -0.332. The van der Waals surface area contributed by atoms with Gasteiger partial charge in [-0.3, -0.25) is 4.90 Å². The smallest absolute Gasteiger partial charge is 0.188 e. The van der Waals surface area contributed by atoms with Crippen LogP contribution < -0.4 is 0 Å². The molecule has 0 fully saturated rings. The standard InChI is InChI=1S/C7H15N5O/c1-6(13)4-11(2)5-7-8-10-12(3)9-7/h6,13H,4-5H2,1-3H3. The summed E-state index contributed by atoms with van der Waals surface area (Å²) >= 11 is 0. The molecule has 6 heteroatoms. The predicted octanol–water partition coefficient (Wildman–Crippen LogP) is -0.977. The van der Waals surface area contributed by atoms with E-state index in [9.17, 15) is 0 Å². The molecule has 0 saturated carbocycles. The number of aromatic nitrogens is 4. The highest BCUT2D eigenvalue weighted by Crippen LogP contribution is 1.94. The van der Waals surface area contributed by atoms with Crippen LogP contribution in [0.3, 0.4) is 0 Å². The molecule has 1 aromatic heterocycles. The molecule has 6 nitrogen and oxygen atoms in total. The first-order chi connectivity index (χ1) is 6.08. The van der Waals surface area contributed by atoms with Crippen molar-refractivity contribution in [2.45, 2.75) is 19.6 Å². The van der Waals surface area contributed by atoms with Crippen LogP contribution in [0.25, 0.3) is 0 Å². The molecule has 1 rings (SSSR count). The molecule has 1 heterocycles. The van der Waals surface area contributed by atoms with Gasteiger partial charge in [0.1, 0.15) is 0 Å². The van der Waals surface area contributed by atoms with E-state index < -0.39 is 0 Å². The van der Waals surface area contributed by atoms with E-state index in [4.69, 9.17) is 5.11 Å². The molecule has 1 unspecified atom stereocenters. The largest absolute Gasteiger partial charge is 0.392 e. The minimum absolute atomic E-state index is 0.332. The lowest BCUT2D eigenvalue weighted by atomic mass is 10.4. The van der Waals surface area contributed by atoms with Crippen LogP contribution in [0.1, 0.15) is 12.7 Å². The average molecular weight is 185 g/mol. The number of aryl methyl sites for hydroxylation is 1. The Balaban J connectivity index is 2.40. The van der Waals surface area contributed by atoms with Crippen LogP contribution in [-0.4, -0.2) is 49.9 Å². The van der Waals surface area contributed by atoms with Crippen molar-refractivity contribution in [3.05, 3.63) is 5.82 Å². The number of hydrogen-bond donors (Lipinski definition) is 1. The Morgan fingerprint density at radius 2 is 2.31 bits per heavy atom. The topological polar surface area (TPSA) is 67.1 Å². The van der Waals surface area contributed by atoms with E-state index in [1.807, 2.05) is 11.9 Å². The fourth-order valence-corrected chi connectivity index (χ4v) is 1.14. The first kappa shape index (κ1) is 10.1. The molecule has 0 aliphatic heterocycles. The second-order valence-corrected chi connectivity index (χ2v) is 3.24. The first-order valence-electron chi connectivity index (χ1n) is 4.17. The van der Waals surface area contributed by atoms with E-state index >= 15 is 0 Å². The third kappa shape index (κ3) is 3.47. The fourth-order valence-electron chi connectivity index (χ4n) is 1.14. The van der Waals surface area contributed by atoms with Crippen molar-refractivity contribution in [1.82, 2.24) is 25.1 Å². The molecule has 1 aromatic rings. The second kappa shape index (κ2) is 4.29. The van der Waals surface area contributed by atoms with Crippen LogP contribution in [0.4, 0.5) is 0 Å². The lowest BCUT2D eigenvalue weighted by molar-refractivity contribution is 0.137. The van der Waals surface area contributed by atoms with Crippen LogP contribution in [0.2, 0.25) is 0 Å². The number of aliphatic hydroxyl groups excluding tert-OH is 1. The van der Waals surface area contributed by atoms with Gasteiger partial charge in [-0.2, -0.15) is 4.80 Å². The van der Waals surface area contributed by atoms with Gasteiger partial charge in [0.05, 0.1) is 19.7 Å². The molecule has 1 atom stereocenters. The van der Waals surface area contributed by atoms with Crippen LogP contribution in [0.5, 0.6) is 0 Å². The maximum Gasteiger partial charge on any atom is 0.188 e. The normalized spacial score (nSPS) is 13.6. The zero-order valence-corrected chi connectivity index (χ0v) is 8.17. The van der Waals surface area contributed by atoms with Crippen LogP contribution in [-0.2, 0) is 13.6 Å². The molecule has 0 aliphatic rings. The second-order valence-electron chi connectivity index (χ2n) is 3.24. The third-order valence-electron chi connectivity index (χ3n) is 1.54. The Labute approximate surface area is 77.2 Å². The highest BCUT2D eigenvalue weighted by atomic mass is 16.3. The number of rotatable bonds is 4. The quantitative estimate of drug-likeness (QED) is 0.653. The molecule has 0 saturated heterocycles. The zero-order valence-electron chi connectivity index (χ0n) is 8.17. The van der Waals surface area contributed by atoms with Gasteiger partial charge in [0.25, 0.3) is 0 Å². The van der Waals surface area contributed by atoms with Gasteiger partial charge in [0, 0.05) is 6.54 Å². The van der Waals surface area contributed by atoms with Crippen molar-refractivity contribution < 1.29 is 5.11 Å². The Morgan fingerprint density at radius 3 is 2.77 bits per heavy atom. The summed E-state index contributed by atoms with van der Waals surface area (Å²) in [7, 11) is 3.63. The minimum Gasteiger partial charge on any atom is -0.392 e. The Bertz CT molecular complexity index is 259. The van der Waals surface area contributed by atoms with Crippen molar-refractivity contribution in [2.24, 2.45) is 7.05 Å². The van der Waals surface area contributed by atoms with Gasteiger partial charge in [0.2, 0.25) is 0 Å². The van der Waals surface area contributed by atoms with E-state index in [1.165, 1.54) is 4.80 Å². The van der Waals surface area contributed by atoms with Gasteiger partial charge in [-0.1, -0.05) is 0 Å². The average Bonchev–Trinajstić information content (AvgIpc) is 2.33. The molecule has 1 N–H and O–H groups in total. The SMILES string of the molecule is CC(O)CN(C)Cc1nnn(C)n1. The van der Waals surface area contributed by atoms with Gasteiger partial charge in [-0.05, 0) is 19.2 Å². The summed E-state index contributed by atoms with van der Waals surface area (Å²) in [5.41, 5.74) is 0. The predicted molar refractivity (Wildman–Crippen MR) is 46.8 cm³/mol. The van der Waals surface area contributed by atoms with Crippen LogP contribution in [0, 0.1) is 0 Å². The summed E-state index contributed by atoms with van der Waals surface area (Å²) in [4.78, 5) is 3.37. The molecule has 0 aromatic carbocycles. The molecule has 0 amide bonds. The van der Waals surface area contributed by atoms with E-state index in [2.05, 4.69) is 15.4 Å². The minimum atomic E-state index is -0.332. The van der Waals surface area contributed by atoms with Gasteiger partial charge < -0.3 is 5.11 Å². The highest BCUT2D eigenvalue weighted by Gasteiger charge is 2.07. The third-order valence-corrected chi connectivity index (χ3v) is 1.54. The van der Waals surface area contributed by atoms with Gasteiger partial charge in [-0.25, -0.2) is 0 Å². The maximum absolute atomic E-state index is 9.10. The summed E-state index contributed by atoms with van der Waals surface area (Å²) in [5.74, 6) is 0.672. The van der Waals surface area contributed by atoms with E-state index in [0.29, 0.717) is 18.9 Å². The van der Waals surface area contributed by atoms with E-state index in [-0.39, 0.29) is 6.10 Å². The monoisotopic (exact) mass is 185 g/mol. The molecular formula is C7H15N5O.